The van der Waals surface area contributed by atoms with Gasteiger partial charge in [0.25, 0.3) is 5.56 Å². The Morgan fingerprint density at radius 1 is 1.21 bits per heavy atom. The molecular formula is C16H20N6O4S2. The van der Waals surface area contributed by atoms with Crippen LogP contribution in [0.4, 0.5) is 0 Å². The number of hydrogen-bond donors (Lipinski definition) is 1. The average molecular weight is 425 g/mol. The molecule has 3 aromatic heterocycles. The highest BCUT2D eigenvalue weighted by Gasteiger charge is 2.28. The standard InChI is InChI=1S/C16H20N6O4S2/c1-20-10-12(15(23)21(2)16(20)24)28(25,26)19-11(7-9-27-3)14-18-17-13-6-4-5-8-22(13)14/h4-6,8,10-11,19H,7,9H2,1-3H3/t11-/m0/s1. The lowest BCUT2D eigenvalue weighted by atomic mass is 10.2. The molecule has 1 N–H and O–H groups in total. The van der Waals surface area contributed by atoms with Crippen LogP contribution in [-0.4, -0.2) is 44.2 Å². The molecule has 28 heavy (non-hydrogen) atoms. The summed E-state index contributed by atoms with van der Waals surface area (Å²) in [5, 5.41) is 8.20. The van der Waals surface area contributed by atoms with E-state index in [0.717, 1.165) is 15.3 Å². The highest BCUT2D eigenvalue weighted by Crippen LogP contribution is 2.20. The highest BCUT2D eigenvalue weighted by molar-refractivity contribution is 7.98. The summed E-state index contributed by atoms with van der Waals surface area (Å²) in [6, 6.07) is 4.67. The Labute approximate surface area is 165 Å². The lowest BCUT2D eigenvalue weighted by Gasteiger charge is -2.17. The number of hydrogen-bond acceptors (Lipinski definition) is 7. The van der Waals surface area contributed by atoms with Crippen molar-refractivity contribution in [2.24, 2.45) is 14.1 Å². The Kier molecular flexibility index (Phi) is 5.72. The van der Waals surface area contributed by atoms with Gasteiger partial charge in [-0.05, 0) is 30.6 Å². The Bertz CT molecular complexity index is 1230. The molecule has 0 radical (unpaired) electrons. The minimum Gasteiger partial charge on any atom is -0.302 e. The van der Waals surface area contributed by atoms with Crippen LogP contribution in [0.1, 0.15) is 18.3 Å². The molecule has 0 bridgehead atoms. The molecule has 3 aromatic rings. The Morgan fingerprint density at radius 3 is 2.68 bits per heavy atom. The number of sulfonamides is 1. The van der Waals surface area contributed by atoms with Crippen molar-refractivity contribution in [3.05, 3.63) is 57.3 Å². The number of thioether (sulfide) groups is 1. The first-order valence-electron chi connectivity index (χ1n) is 8.34. The minimum absolute atomic E-state index is 0.426. The topological polar surface area (TPSA) is 120 Å². The van der Waals surface area contributed by atoms with Gasteiger partial charge in [-0.2, -0.15) is 11.8 Å². The van der Waals surface area contributed by atoms with E-state index in [1.54, 1.807) is 34.5 Å². The van der Waals surface area contributed by atoms with E-state index in [-0.39, 0.29) is 0 Å². The number of nitrogens with one attached hydrogen (secondary N) is 1. The van der Waals surface area contributed by atoms with Crippen LogP contribution in [0.3, 0.4) is 0 Å². The third-order valence-electron chi connectivity index (χ3n) is 4.26. The number of nitrogens with zero attached hydrogens (tertiary/aromatic N) is 5. The molecule has 0 aliphatic heterocycles. The Hall–Kier alpha value is -2.44. The smallest absolute Gasteiger partial charge is 0.302 e. The van der Waals surface area contributed by atoms with Gasteiger partial charge < -0.3 is 4.57 Å². The molecule has 3 heterocycles. The van der Waals surface area contributed by atoms with Gasteiger partial charge in [-0.25, -0.2) is 17.9 Å². The molecule has 0 saturated carbocycles. The van der Waals surface area contributed by atoms with Crippen molar-refractivity contribution in [3.63, 3.8) is 0 Å². The van der Waals surface area contributed by atoms with Crippen LogP contribution in [-0.2, 0) is 24.1 Å². The van der Waals surface area contributed by atoms with E-state index < -0.39 is 32.2 Å². The van der Waals surface area contributed by atoms with Gasteiger partial charge in [0.2, 0.25) is 10.0 Å². The fraction of sp³-hybridized carbons (Fsp3) is 0.375. The molecule has 0 fully saturated rings. The quantitative estimate of drug-likeness (QED) is 0.562. The molecule has 150 valence electrons. The summed E-state index contributed by atoms with van der Waals surface area (Å²) >= 11 is 1.56. The van der Waals surface area contributed by atoms with Crippen molar-refractivity contribution in [1.82, 2.24) is 28.5 Å². The van der Waals surface area contributed by atoms with Crippen LogP contribution in [0, 0.1) is 0 Å². The van der Waals surface area contributed by atoms with Crippen LogP contribution in [0.2, 0.25) is 0 Å². The largest absolute Gasteiger partial charge is 0.330 e. The summed E-state index contributed by atoms with van der Waals surface area (Å²) < 4.78 is 32.0. The molecular weight excluding hydrogens is 404 g/mol. The van der Waals surface area contributed by atoms with E-state index in [2.05, 4.69) is 14.9 Å². The van der Waals surface area contributed by atoms with E-state index in [9.17, 15) is 18.0 Å². The van der Waals surface area contributed by atoms with E-state index >= 15 is 0 Å². The third-order valence-corrected chi connectivity index (χ3v) is 6.36. The van der Waals surface area contributed by atoms with E-state index in [1.165, 1.54) is 14.1 Å². The monoisotopic (exact) mass is 424 g/mol. The predicted molar refractivity (Wildman–Crippen MR) is 106 cm³/mol. The van der Waals surface area contributed by atoms with Crippen molar-refractivity contribution in [2.75, 3.05) is 12.0 Å². The molecule has 3 rings (SSSR count). The second-order valence-corrected chi connectivity index (χ2v) is 8.86. The minimum atomic E-state index is -4.21. The maximum absolute atomic E-state index is 13.0. The number of fused-ring (bicyclic) bond motifs is 1. The van der Waals surface area contributed by atoms with Gasteiger partial charge in [0.05, 0.1) is 6.04 Å². The van der Waals surface area contributed by atoms with Crippen LogP contribution < -0.4 is 16.0 Å². The SMILES string of the molecule is CSCC[C@H](NS(=O)(=O)c1cn(C)c(=O)n(C)c1=O)c1nnc2ccccn12. The van der Waals surface area contributed by atoms with Crippen molar-refractivity contribution in [1.29, 1.82) is 0 Å². The lowest BCUT2D eigenvalue weighted by Crippen LogP contribution is -2.42. The van der Waals surface area contributed by atoms with E-state index in [0.29, 0.717) is 23.6 Å². The molecule has 0 aliphatic rings. The van der Waals surface area contributed by atoms with E-state index in [1.807, 2.05) is 12.3 Å². The van der Waals surface area contributed by atoms with Crippen LogP contribution in [0.25, 0.3) is 5.65 Å². The van der Waals surface area contributed by atoms with Gasteiger partial charge in [-0.1, -0.05) is 6.07 Å². The fourth-order valence-corrected chi connectivity index (χ4v) is 4.64. The van der Waals surface area contributed by atoms with Gasteiger partial charge in [0.15, 0.2) is 16.4 Å². The molecule has 10 nitrogen and oxygen atoms in total. The Morgan fingerprint density at radius 2 is 1.96 bits per heavy atom. The van der Waals surface area contributed by atoms with Gasteiger partial charge in [-0.3, -0.25) is 13.8 Å². The molecule has 0 aromatic carbocycles. The lowest BCUT2D eigenvalue weighted by molar-refractivity contribution is 0.530. The molecule has 0 saturated heterocycles. The summed E-state index contributed by atoms with van der Waals surface area (Å²) in [5.74, 6) is 1.09. The zero-order valence-corrected chi connectivity index (χ0v) is 17.2. The predicted octanol–water partition coefficient (Wildman–Crippen LogP) is -0.101. The summed E-state index contributed by atoms with van der Waals surface area (Å²) in [6.45, 7) is 0. The first-order chi connectivity index (χ1) is 13.3. The molecule has 0 unspecified atom stereocenters. The molecule has 1 atom stereocenters. The first-order valence-corrected chi connectivity index (χ1v) is 11.2. The molecule has 12 heteroatoms. The molecule has 0 aliphatic carbocycles. The Balaban J connectivity index is 2.06. The zero-order chi connectivity index (χ0) is 20.5. The van der Waals surface area contributed by atoms with Gasteiger partial charge in [-0.15, -0.1) is 10.2 Å². The maximum atomic E-state index is 13.0. The van der Waals surface area contributed by atoms with Gasteiger partial charge in [0.1, 0.15) is 0 Å². The van der Waals surface area contributed by atoms with E-state index in [4.69, 9.17) is 0 Å². The number of pyridine rings is 1. The highest BCUT2D eigenvalue weighted by atomic mass is 32.2. The number of rotatable bonds is 7. The summed E-state index contributed by atoms with van der Waals surface area (Å²) in [6.07, 6.45) is 5.13. The normalized spacial score (nSPS) is 13.1. The summed E-state index contributed by atoms with van der Waals surface area (Å²) in [5.41, 5.74) is -0.902. The first kappa shape index (κ1) is 20.3. The number of aryl methyl sites for hydroxylation is 1. The third kappa shape index (κ3) is 3.75. The zero-order valence-electron chi connectivity index (χ0n) is 15.6. The van der Waals surface area contributed by atoms with Crippen molar-refractivity contribution < 1.29 is 8.42 Å². The van der Waals surface area contributed by atoms with Crippen LogP contribution in [0.5, 0.6) is 0 Å². The second kappa shape index (κ2) is 7.89. The fourth-order valence-electron chi connectivity index (χ4n) is 2.78. The van der Waals surface area contributed by atoms with Crippen LogP contribution in [0.15, 0.2) is 45.1 Å². The average Bonchev–Trinajstić information content (AvgIpc) is 3.10. The van der Waals surface area contributed by atoms with Crippen molar-refractivity contribution in [2.45, 2.75) is 17.4 Å². The second-order valence-electron chi connectivity index (χ2n) is 6.19. The van der Waals surface area contributed by atoms with Crippen LogP contribution >= 0.6 is 11.8 Å². The van der Waals surface area contributed by atoms with Gasteiger partial charge in [0, 0.05) is 26.5 Å². The molecule has 0 amide bonds. The molecule has 0 spiro atoms. The summed E-state index contributed by atoms with van der Waals surface area (Å²) in [7, 11) is -1.59. The summed E-state index contributed by atoms with van der Waals surface area (Å²) in [4.78, 5) is 23.7. The van der Waals surface area contributed by atoms with Crippen molar-refractivity contribution >= 4 is 27.4 Å². The van der Waals surface area contributed by atoms with Crippen molar-refractivity contribution in [3.8, 4) is 0 Å². The maximum Gasteiger partial charge on any atom is 0.330 e. The number of aromatic nitrogens is 5. The van der Waals surface area contributed by atoms with Gasteiger partial charge >= 0.3 is 5.69 Å².